The molecule has 2 aliphatic heterocycles. The number of nitrogens with one attached hydrogen (secondary N) is 1. The molecule has 2 fully saturated rings. The number of urea groups is 1. The van der Waals surface area contributed by atoms with E-state index < -0.39 is 5.97 Å². The Hall–Kier alpha value is -1.34. The Bertz CT molecular complexity index is 356. The van der Waals surface area contributed by atoms with Gasteiger partial charge in [0.1, 0.15) is 0 Å². The zero-order chi connectivity index (χ0) is 14.5. The fourth-order valence-electron chi connectivity index (χ4n) is 2.85. The number of carbonyl (C=O) groups is 2. The molecule has 20 heavy (non-hydrogen) atoms. The monoisotopic (exact) mass is 284 g/mol. The average molecular weight is 284 g/mol. The molecule has 114 valence electrons. The Labute approximate surface area is 119 Å². The van der Waals surface area contributed by atoms with Crippen LogP contribution in [-0.4, -0.2) is 90.7 Å². The van der Waals surface area contributed by atoms with Crippen LogP contribution in [0.5, 0.6) is 0 Å². The van der Waals surface area contributed by atoms with Crippen LogP contribution < -0.4 is 5.32 Å². The summed E-state index contributed by atoms with van der Waals surface area (Å²) in [4.78, 5) is 28.6. The summed E-state index contributed by atoms with van der Waals surface area (Å²) < 4.78 is 0. The van der Waals surface area contributed by atoms with E-state index in [-0.39, 0.29) is 12.6 Å². The van der Waals surface area contributed by atoms with Crippen molar-refractivity contribution in [3.8, 4) is 0 Å². The molecule has 0 aromatic carbocycles. The lowest BCUT2D eigenvalue weighted by Crippen LogP contribution is -2.53. The number of carboxylic acid groups (broad SMARTS) is 1. The van der Waals surface area contributed by atoms with Crippen LogP contribution in [0.4, 0.5) is 4.79 Å². The predicted octanol–water partition coefficient (Wildman–Crippen LogP) is -0.508. The number of amides is 2. The molecule has 0 spiro atoms. The molecule has 0 bridgehead atoms. The molecule has 0 aromatic rings. The smallest absolute Gasteiger partial charge is 0.317 e. The minimum absolute atomic E-state index is 0.0275. The number of likely N-dealkylation sites (tertiary alicyclic amines) is 1. The number of hydrogen-bond donors (Lipinski definition) is 2. The van der Waals surface area contributed by atoms with Crippen LogP contribution in [0.3, 0.4) is 0 Å². The van der Waals surface area contributed by atoms with Crippen LogP contribution in [0, 0.1) is 0 Å². The van der Waals surface area contributed by atoms with E-state index in [9.17, 15) is 9.59 Å². The van der Waals surface area contributed by atoms with Gasteiger partial charge in [-0.1, -0.05) is 0 Å². The number of nitrogens with zero attached hydrogens (tertiary/aromatic N) is 3. The molecule has 0 aliphatic carbocycles. The van der Waals surface area contributed by atoms with E-state index in [0.717, 1.165) is 13.0 Å². The van der Waals surface area contributed by atoms with Crippen molar-refractivity contribution in [2.75, 3.05) is 52.9 Å². The molecule has 7 heteroatoms. The first kappa shape index (κ1) is 15.1. The largest absolute Gasteiger partial charge is 0.480 e. The fraction of sp³-hybridized carbons (Fsp3) is 0.846. The molecule has 2 N–H and O–H groups in total. The standard InChI is InChI=1S/C13H24N4O3/c1-15-4-2-3-11(15)9-14-13(20)17-7-5-16(6-8-17)10-12(18)19/h11H,2-10H2,1H3,(H,14,20)(H,18,19). The van der Waals surface area contributed by atoms with Crippen molar-refractivity contribution in [1.29, 1.82) is 0 Å². The fourth-order valence-corrected chi connectivity index (χ4v) is 2.85. The third-order valence-corrected chi connectivity index (χ3v) is 4.18. The third kappa shape index (κ3) is 4.08. The minimum atomic E-state index is -0.813. The van der Waals surface area contributed by atoms with Gasteiger partial charge in [-0.15, -0.1) is 0 Å². The summed E-state index contributed by atoms with van der Waals surface area (Å²) in [5, 5.41) is 11.7. The first-order valence-corrected chi connectivity index (χ1v) is 7.23. The Morgan fingerprint density at radius 2 is 1.90 bits per heavy atom. The number of piperazine rings is 1. The van der Waals surface area contributed by atoms with Gasteiger partial charge in [0, 0.05) is 38.8 Å². The lowest BCUT2D eigenvalue weighted by atomic mass is 10.2. The second-order valence-electron chi connectivity index (χ2n) is 5.62. The van der Waals surface area contributed by atoms with E-state index in [1.165, 1.54) is 6.42 Å². The van der Waals surface area contributed by atoms with Crippen molar-refractivity contribution < 1.29 is 14.7 Å². The molecule has 2 heterocycles. The molecule has 2 aliphatic rings. The van der Waals surface area contributed by atoms with E-state index in [1.54, 1.807) is 4.90 Å². The Morgan fingerprint density at radius 1 is 1.20 bits per heavy atom. The van der Waals surface area contributed by atoms with Gasteiger partial charge in [-0.2, -0.15) is 0 Å². The highest BCUT2D eigenvalue weighted by Crippen LogP contribution is 2.13. The van der Waals surface area contributed by atoms with Gasteiger partial charge >= 0.3 is 12.0 Å². The maximum absolute atomic E-state index is 12.1. The van der Waals surface area contributed by atoms with Gasteiger partial charge in [-0.05, 0) is 26.4 Å². The Morgan fingerprint density at radius 3 is 2.45 bits per heavy atom. The number of carboxylic acids is 1. The summed E-state index contributed by atoms with van der Waals surface area (Å²) in [5.41, 5.74) is 0. The maximum atomic E-state index is 12.1. The van der Waals surface area contributed by atoms with E-state index >= 15 is 0 Å². The summed E-state index contributed by atoms with van der Waals surface area (Å²) in [5.74, 6) is -0.813. The van der Waals surface area contributed by atoms with Crippen molar-refractivity contribution in [3.05, 3.63) is 0 Å². The van der Waals surface area contributed by atoms with Crippen LogP contribution in [0.2, 0.25) is 0 Å². The second-order valence-corrected chi connectivity index (χ2v) is 5.62. The number of aliphatic carboxylic acids is 1. The first-order valence-electron chi connectivity index (χ1n) is 7.23. The third-order valence-electron chi connectivity index (χ3n) is 4.18. The summed E-state index contributed by atoms with van der Waals surface area (Å²) in [6.07, 6.45) is 2.34. The normalized spacial score (nSPS) is 24.9. The number of rotatable bonds is 4. The molecule has 2 amide bonds. The summed E-state index contributed by atoms with van der Waals surface area (Å²) in [6.45, 7) is 4.31. The average Bonchev–Trinajstić information content (AvgIpc) is 2.82. The number of carbonyl (C=O) groups excluding carboxylic acids is 1. The van der Waals surface area contributed by atoms with Crippen molar-refractivity contribution in [1.82, 2.24) is 20.0 Å². The zero-order valence-corrected chi connectivity index (χ0v) is 12.0. The van der Waals surface area contributed by atoms with Crippen molar-refractivity contribution in [2.24, 2.45) is 0 Å². The second kappa shape index (κ2) is 6.90. The lowest BCUT2D eigenvalue weighted by Gasteiger charge is -2.34. The van der Waals surface area contributed by atoms with Crippen molar-refractivity contribution >= 4 is 12.0 Å². The predicted molar refractivity (Wildman–Crippen MR) is 74.7 cm³/mol. The first-order chi connectivity index (χ1) is 9.56. The topological polar surface area (TPSA) is 76.1 Å². The minimum Gasteiger partial charge on any atom is -0.480 e. The molecule has 7 nitrogen and oxygen atoms in total. The molecule has 1 atom stereocenters. The van der Waals surface area contributed by atoms with E-state index in [0.29, 0.717) is 38.8 Å². The van der Waals surface area contributed by atoms with Gasteiger partial charge in [-0.3, -0.25) is 9.69 Å². The summed E-state index contributed by atoms with van der Waals surface area (Å²) >= 11 is 0. The van der Waals surface area contributed by atoms with Gasteiger partial charge in [0.2, 0.25) is 0 Å². The van der Waals surface area contributed by atoms with Crippen molar-refractivity contribution in [3.63, 3.8) is 0 Å². The molecule has 2 saturated heterocycles. The highest BCUT2D eigenvalue weighted by atomic mass is 16.4. The highest BCUT2D eigenvalue weighted by Gasteiger charge is 2.24. The van der Waals surface area contributed by atoms with Gasteiger partial charge in [0.25, 0.3) is 0 Å². The molecular formula is C13H24N4O3. The quantitative estimate of drug-likeness (QED) is 0.727. The lowest BCUT2D eigenvalue weighted by molar-refractivity contribution is -0.138. The Kier molecular flexibility index (Phi) is 5.19. The maximum Gasteiger partial charge on any atom is 0.317 e. The van der Waals surface area contributed by atoms with Gasteiger partial charge in [0.05, 0.1) is 6.54 Å². The van der Waals surface area contributed by atoms with E-state index in [2.05, 4.69) is 17.3 Å². The van der Waals surface area contributed by atoms with Crippen LogP contribution in [0.1, 0.15) is 12.8 Å². The van der Waals surface area contributed by atoms with E-state index in [4.69, 9.17) is 5.11 Å². The highest BCUT2D eigenvalue weighted by molar-refractivity contribution is 5.74. The molecule has 1 unspecified atom stereocenters. The zero-order valence-electron chi connectivity index (χ0n) is 12.0. The van der Waals surface area contributed by atoms with Crippen molar-refractivity contribution in [2.45, 2.75) is 18.9 Å². The molecule has 2 rings (SSSR count). The molecule has 0 radical (unpaired) electrons. The van der Waals surface area contributed by atoms with Crippen LogP contribution in [-0.2, 0) is 4.79 Å². The molecular weight excluding hydrogens is 260 g/mol. The van der Waals surface area contributed by atoms with Gasteiger partial charge in [0.15, 0.2) is 0 Å². The molecule has 0 saturated carbocycles. The number of hydrogen-bond acceptors (Lipinski definition) is 4. The summed E-state index contributed by atoms with van der Waals surface area (Å²) in [6, 6.07) is 0.424. The summed E-state index contributed by atoms with van der Waals surface area (Å²) in [7, 11) is 2.09. The Balaban J connectivity index is 1.68. The molecule has 0 aromatic heterocycles. The SMILES string of the molecule is CN1CCCC1CNC(=O)N1CCN(CC(=O)O)CC1. The number of likely N-dealkylation sites (N-methyl/N-ethyl adjacent to an activating group) is 1. The van der Waals surface area contributed by atoms with Crippen LogP contribution >= 0.6 is 0 Å². The van der Waals surface area contributed by atoms with E-state index in [1.807, 2.05) is 4.90 Å². The van der Waals surface area contributed by atoms with Gasteiger partial charge < -0.3 is 20.2 Å². The van der Waals surface area contributed by atoms with Gasteiger partial charge in [-0.25, -0.2) is 4.79 Å². The van der Waals surface area contributed by atoms with Crippen LogP contribution in [0.15, 0.2) is 0 Å². The van der Waals surface area contributed by atoms with Crippen LogP contribution in [0.25, 0.3) is 0 Å².